The summed E-state index contributed by atoms with van der Waals surface area (Å²) in [5.74, 6) is 0. The Morgan fingerprint density at radius 2 is 1.50 bits per heavy atom. The van der Waals surface area contributed by atoms with Crippen molar-refractivity contribution in [3.05, 3.63) is 29.6 Å². The van der Waals surface area contributed by atoms with Crippen molar-refractivity contribution in [2.75, 3.05) is 0 Å². The molecule has 0 unspecified atom stereocenters. The van der Waals surface area contributed by atoms with Crippen LogP contribution in [0.1, 0.15) is 76.5 Å². The van der Waals surface area contributed by atoms with E-state index in [0.717, 1.165) is 0 Å². The van der Waals surface area contributed by atoms with Crippen LogP contribution in [-0.2, 0) is 12.8 Å². The number of pyridine rings is 1. The van der Waals surface area contributed by atoms with Gasteiger partial charge in [-0.15, -0.1) is 0 Å². The van der Waals surface area contributed by atoms with Crippen molar-refractivity contribution in [3.63, 3.8) is 0 Å². The third-order valence-electron chi connectivity index (χ3n) is 3.55. The molecule has 1 nitrogen and oxygen atoms in total. The highest BCUT2D eigenvalue weighted by Crippen LogP contribution is 2.14. The molecule has 18 heavy (non-hydrogen) atoms. The Kier molecular flexibility index (Phi) is 8.54. The van der Waals surface area contributed by atoms with E-state index in [9.17, 15) is 0 Å². The Labute approximate surface area is 113 Å². The topological polar surface area (TPSA) is 12.9 Å². The lowest BCUT2D eigenvalue weighted by molar-refractivity contribution is 0.644. The van der Waals surface area contributed by atoms with E-state index in [1.807, 2.05) is 6.20 Å². The summed E-state index contributed by atoms with van der Waals surface area (Å²) in [6.45, 7) is 4.53. The average molecular weight is 247 g/mol. The van der Waals surface area contributed by atoms with Crippen molar-refractivity contribution in [1.82, 2.24) is 4.98 Å². The molecule has 0 aliphatic heterocycles. The van der Waals surface area contributed by atoms with Crippen molar-refractivity contribution in [3.8, 4) is 0 Å². The smallest absolute Gasteiger partial charge is 0.0435 e. The quantitative estimate of drug-likeness (QED) is 0.509. The lowest BCUT2D eigenvalue weighted by Gasteiger charge is -2.08. The number of unbranched alkanes of at least 4 members (excludes halogenated alkanes) is 6. The monoisotopic (exact) mass is 247 g/mol. The van der Waals surface area contributed by atoms with Crippen LogP contribution >= 0.6 is 0 Å². The number of rotatable bonds is 10. The van der Waals surface area contributed by atoms with Crippen molar-refractivity contribution in [2.45, 2.75) is 78.1 Å². The van der Waals surface area contributed by atoms with Crippen LogP contribution in [-0.4, -0.2) is 4.98 Å². The Bertz CT molecular complexity index is 275. The van der Waals surface area contributed by atoms with Gasteiger partial charge < -0.3 is 0 Å². The van der Waals surface area contributed by atoms with Crippen LogP contribution in [0.3, 0.4) is 0 Å². The molecule has 0 fully saturated rings. The van der Waals surface area contributed by atoms with Crippen LogP contribution < -0.4 is 0 Å². The standard InChI is InChI=1S/C17H29N/c1-3-5-7-9-12-16-13-11-15-18-17(16)14-10-8-6-4-2/h11,13,15H,3-10,12,14H2,1-2H3. The highest BCUT2D eigenvalue weighted by Gasteiger charge is 2.03. The molecule has 102 valence electrons. The minimum absolute atomic E-state index is 1.17. The molecule has 1 aromatic heterocycles. The Morgan fingerprint density at radius 3 is 2.17 bits per heavy atom. The van der Waals surface area contributed by atoms with Crippen LogP contribution in [0.2, 0.25) is 0 Å². The van der Waals surface area contributed by atoms with Gasteiger partial charge in [0.1, 0.15) is 0 Å². The van der Waals surface area contributed by atoms with Crippen molar-refractivity contribution < 1.29 is 0 Å². The van der Waals surface area contributed by atoms with Crippen LogP contribution in [0.25, 0.3) is 0 Å². The predicted molar refractivity (Wildman–Crippen MR) is 79.9 cm³/mol. The van der Waals surface area contributed by atoms with Crippen molar-refractivity contribution in [2.24, 2.45) is 0 Å². The van der Waals surface area contributed by atoms with Gasteiger partial charge >= 0.3 is 0 Å². The summed E-state index contributed by atoms with van der Waals surface area (Å²) >= 11 is 0. The fourth-order valence-electron chi connectivity index (χ4n) is 2.39. The SMILES string of the molecule is CCCCCCc1cccnc1CCCCCC. The van der Waals surface area contributed by atoms with Gasteiger partial charge in [0, 0.05) is 11.9 Å². The first-order chi connectivity index (χ1) is 8.88. The second kappa shape index (κ2) is 10.1. The molecule has 0 amide bonds. The van der Waals surface area contributed by atoms with E-state index in [-0.39, 0.29) is 0 Å². The van der Waals surface area contributed by atoms with Gasteiger partial charge in [-0.2, -0.15) is 0 Å². The molecule has 0 spiro atoms. The molecule has 0 aliphatic carbocycles. The molecule has 0 atom stereocenters. The lowest BCUT2D eigenvalue weighted by atomic mass is 10.0. The van der Waals surface area contributed by atoms with Crippen LogP contribution in [0.15, 0.2) is 18.3 Å². The summed E-state index contributed by atoms with van der Waals surface area (Å²) in [5, 5.41) is 0. The minimum Gasteiger partial charge on any atom is -0.261 e. The number of hydrogen-bond donors (Lipinski definition) is 0. The van der Waals surface area contributed by atoms with Gasteiger partial charge in [0.15, 0.2) is 0 Å². The molecule has 0 saturated carbocycles. The summed E-state index contributed by atoms with van der Waals surface area (Å²) in [6, 6.07) is 4.36. The second-order valence-corrected chi connectivity index (χ2v) is 5.23. The number of aryl methyl sites for hydroxylation is 2. The van der Waals surface area contributed by atoms with E-state index in [0.29, 0.717) is 0 Å². The van der Waals surface area contributed by atoms with Crippen LogP contribution in [0.4, 0.5) is 0 Å². The Balaban J connectivity index is 2.36. The molecule has 0 saturated heterocycles. The maximum atomic E-state index is 4.58. The lowest BCUT2D eigenvalue weighted by Crippen LogP contribution is -1.98. The largest absolute Gasteiger partial charge is 0.261 e. The summed E-state index contributed by atoms with van der Waals surface area (Å²) in [6.07, 6.45) is 15.0. The molecular formula is C17H29N. The predicted octanol–water partition coefficient (Wildman–Crippen LogP) is 5.33. The van der Waals surface area contributed by atoms with Gasteiger partial charge in [0.05, 0.1) is 0 Å². The minimum atomic E-state index is 1.17. The van der Waals surface area contributed by atoms with E-state index in [1.165, 1.54) is 75.5 Å². The van der Waals surface area contributed by atoms with Crippen molar-refractivity contribution in [1.29, 1.82) is 0 Å². The van der Waals surface area contributed by atoms with E-state index in [1.54, 1.807) is 0 Å². The molecule has 1 aromatic rings. The van der Waals surface area contributed by atoms with Gasteiger partial charge in [0.25, 0.3) is 0 Å². The van der Waals surface area contributed by atoms with Gasteiger partial charge in [-0.1, -0.05) is 58.4 Å². The molecule has 1 rings (SSSR count). The summed E-state index contributed by atoms with van der Waals surface area (Å²) in [4.78, 5) is 4.58. The fraction of sp³-hybridized carbons (Fsp3) is 0.706. The molecular weight excluding hydrogens is 218 g/mol. The molecule has 0 radical (unpaired) electrons. The summed E-state index contributed by atoms with van der Waals surface area (Å²) in [5.41, 5.74) is 2.84. The number of nitrogens with zero attached hydrogens (tertiary/aromatic N) is 1. The number of aromatic nitrogens is 1. The van der Waals surface area contributed by atoms with Crippen molar-refractivity contribution >= 4 is 0 Å². The van der Waals surface area contributed by atoms with Gasteiger partial charge in [-0.3, -0.25) is 4.98 Å². The molecule has 0 aliphatic rings. The Morgan fingerprint density at radius 1 is 0.833 bits per heavy atom. The second-order valence-electron chi connectivity index (χ2n) is 5.23. The highest BCUT2D eigenvalue weighted by molar-refractivity contribution is 5.20. The Hall–Kier alpha value is -0.850. The first-order valence-corrected chi connectivity index (χ1v) is 7.81. The maximum absolute atomic E-state index is 4.58. The van der Waals surface area contributed by atoms with Crippen LogP contribution in [0.5, 0.6) is 0 Å². The zero-order chi connectivity index (χ0) is 13.1. The third-order valence-corrected chi connectivity index (χ3v) is 3.55. The van der Waals surface area contributed by atoms with Crippen LogP contribution in [0, 0.1) is 0 Å². The summed E-state index contributed by atoms with van der Waals surface area (Å²) in [7, 11) is 0. The van der Waals surface area contributed by atoms with Gasteiger partial charge in [-0.05, 0) is 37.3 Å². The molecule has 0 aromatic carbocycles. The first kappa shape index (κ1) is 15.2. The normalized spacial score (nSPS) is 10.8. The van der Waals surface area contributed by atoms with E-state index >= 15 is 0 Å². The van der Waals surface area contributed by atoms with Gasteiger partial charge in [-0.25, -0.2) is 0 Å². The zero-order valence-corrected chi connectivity index (χ0v) is 12.3. The van der Waals surface area contributed by atoms with E-state index in [4.69, 9.17) is 0 Å². The summed E-state index contributed by atoms with van der Waals surface area (Å²) < 4.78 is 0. The third kappa shape index (κ3) is 6.18. The average Bonchev–Trinajstić information content (AvgIpc) is 2.41. The molecule has 1 heterocycles. The first-order valence-electron chi connectivity index (χ1n) is 7.81. The maximum Gasteiger partial charge on any atom is 0.0435 e. The zero-order valence-electron chi connectivity index (χ0n) is 12.3. The van der Waals surface area contributed by atoms with E-state index in [2.05, 4.69) is 31.0 Å². The number of hydrogen-bond acceptors (Lipinski definition) is 1. The molecule has 1 heteroatoms. The fourth-order valence-corrected chi connectivity index (χ4v) is 2.39. The highest BCUT2D eigenvalue weighted by atomic mass is 14.7. The molecule has 0 N–H and O–H groups in total. The van der Waals surface area contributed by atoms with E-state index < -0.39 is 0 Å². The molecule has 0 bridgehead atoms. The van der Waals surface area contributed by atoms with Gasteiger partial charge in [0.2, 0.25) is 0 Å².